The van der Waals surface area contributed by atoms with Crippen molar-refractivity contribution in [2.45, 2.75) is 52.6 Å². The molecule has 0 unspecified atom stereocenters. The summed E-state index contributed by atoms with van der Waals surface area (Å²) in [6.45, 7) is 8.44. The summed E-state index contributed by atoms with van der Waals surface area (Å²) in [5.74, 6) is 0.271. The molecule has 0 bridgehead atoms. The van der Waals surface area contributed by atoms with Gasteiger partial charge in [-0.05, 0) is 46.2 Å². The minimum atomic E-state index is -0.597. The molecule has 0 saturated heterocycles. The second kappa shape index (κ2) is 13.2. The number of nitro benzene ring substituents is 2. The van der Waals surface area contributed by atoms with Gasteiger partial charge in [-0.1, -0.05) is 64.1 Å². The van der Waals surface area contributed by atoms with Crippen molar-refractivity contribution in [3.8, 4) is 0 Å². The fraction of sp³-hybridized carbons (Fsp3) is 0.286. The number of hydrogen-bond acceptors (Lipinski definition) is 6. The summed E-state index contributed by atoms with van der Waals surface area (Å²) >= 11 is 0. The van der Waals surface area contributed by atoms with Crippen LogP contribution in [-0.2, 0) is 13.1 Å². The van der Waals surface area contributed by atoms with E-state index in [0.29, 0.717) is 0 Å². The maximum absolute atomic E-state index is 12.6. The van der Waals surface area contributed by atoms with Crippen molar-refractivity contribution in [2.24, 2.45) is 0 Å². The molecule has 12 heteroatoms. The normalized spacial score (nSPS) is 10.8. The van der Waals surface area contributed by atoms with Gasteiger partial charge >= 0.3 is 12.1 Å². The highest BCUT2D eigenvalue weighted by Crippen LogP contribution is 2.29. The molecule has 0 aliphatic carbocycles. The monoisotopic (exact) mass is 548 g/mol. The van der Waals surface area contributed by atoms with Gasteiger partial charge in [0.25, 0.3) is 11.4 Å². The summed E-state index contributed by atoms with van der Waals surface area (Å²) in [5, 5.41) is 33.1. The first-order valence-electron chi connectivity index (χ1n) is 12.7. The first kappa shape index (κ1) is 29.6. The van der Waals surface area contributed by atoms with Crippen molar-refractivity contribution in [3.05, 3.63) is 103 Å². The maximum Gasteiger partial charge on any atom is 0.319 e. The van der Waals surface area contributed by atoms with Gasteiger partial charge in [-0.25, -0.2) is 9.59 Å². The number of carbonyl (C=O) groups excluding carboxylic acids is 2. The first-order chi connectivity index (χ1) is 19.0. The van der Waals surface area contributed by atoms with Gasteiger partial charge in [-0.2, -0.15) is 0 Å². The molecule has 4 N–H and O–H groups in total. The number of rotatable bonds is 10. The van der Waals surface area contributed by atoms with Crippen molar-refractivity contribution < 1.29 is 19.4 Å². The van der Waals surface area contributed by atoms with Crippen molar-refractivity contribution in [3.63, 3.8) is 0 Å². The Labute approximate surface area is 231 Å². The molecular weight excluding hydrogens is 516 g/mol. The van der Waals surface area contributed by atoms with Crippen LogP contribution in [0.3, 0.4) is 0 Å². The molecule has 0 atom stereocenters. The quantitative estimate of drug-likeness (QED) is 0.169. The zero-order valence-electron chi connectivity index (χ0n) is 22.7. The Kier molecular flexibility index (Phi) is 9.74. The molecule has 3 aromatic rings. The zero-order valence-corrected chi connectivity index (χ0v) is 22.7. The highest BCUT2D eigenvalue weighted by Gasteiger charge is 2.19. The molecule has 12 nitrogen and oxygen atoms in total. The van der Waals surface area contributed by atoms with Gasteiger partial charge in [-0.3, -0.25) is 20.2 Å². The van der Waals surface area contributed by atoms with Gasteiger partial charge < -0.3 is 21.3 Å². The lowest BCUT2D eigenvalue weighted by Gasteiger charge is -2.21. The molecule has 0 fully saturated rings. The summed E-state index contributed by atoms with van der Waals surface area (Å²) in [6, 6.07) is 14.5. The number of amides is 4. The smallest absolute Gasteiger partial charge is 0.319 e. The van der Waals surface area contributed by atoms with Crippen molar-refractivity contribution >= 4 is 34.8 Å². The molecule has 0 heterocycles. The minimum Gasteiger partial charge on any atom is -0.334 e. The summed E-state index contributed by atoms with van der Waals surface area (Å²) in [7, 11) is 0. The molecule has 4 amide bonds. The number of nitro groups is 2. The molecular formula is C28H32N6O6. The van der Waals surface area contributed by atoms with Crippen molar-refractivity contribution in [1.29, 1.82) is 0 Å². The van der Waals surface area contributed by atoms with E-state index in [9.17, 15) is 29.8 Å². The Bertz CT molecular complexity index is 1320. The maximum atomic E-state index is 12.6. The average Bonchev–Trinajstić information content (AvgIpc) is 2.90. The zero-order chi connectivity index (χ0) is 29.4. The molecule has 3 aromatic carbocycles. The SMILES string of the molecule is CC(C)c1cc(C(C)C)c(CNC(=O)Nc2ccccc2[N+](=O)[O-])cc1CNC(=O)Nc1ccccc1[N+](=O)[O-]. The standard InChI is InChI=1S/C28H32N6O6/c1-17(2)21-14-22(18(3)4)20(16-30-28(36)32-24-10-6-8-12-26(24)34(39)40)13-19(21)15-29-27(35)31-23-9-5-7-11-25(23)33(37)38/h5-14,17-18H,15-16H2,1-4H3,(H2,29,31,35)(H2,30,32,36). The number of urea groups is 2. The van der Waals surface area contributed by atoms with E-state index >= 15 is 0 Å². The van der Waals surface area contributed by atoms with Crippen molar-refractivity contribution in [1.82, 2.24) is 10.6 Å². The summed E-state index contributed by atoms with van der Waals surface area (Å²) in [4.78, 5) is 46.6. The van der Waals surface area contributed by atoms with Crippen LogP contribution in [0.2, 0.25) is 0 Å². The van der Waals surface area contributed by atoms with Crippen LogP contribution in [0.1, 0.15) is 61.8 Å². The summed E-state index contributed by atoms with van der Waals surface area (Å²) in [5.41, 5.74) is 3.42. The van der Waals surface area contributed by atoms with Crippen LogP contribution >= 0.6 is 0 Å². The highest BCUT2D eigenvalue weighted by atomic mass is 16.6. The number of anilines is 2. The molecule has 0 aromatic heterocycles. The number of carbonyl (C=O) groups is 2. The van der Waals surface area contributed by atoms with Crippen LogP contribution in [0.25, 0.3) is 0 Å². The lowest BCUT2D eigenvalue weighted by Crippen LogP contribution is -2.30. The molecule has 40 heavy (non-hydrogen) atoms. The van der Waals surface area contributed by atoms with E-state index in [4.69, 9.17) is 0 Å². The fourth-order valence-electron chi connectivity index (χ4n) is 4.27. The number of nitrogens with one attached hydrogen (secondary N) is 4. The lowest BCUT2D eigenvalue weighted by atomic mass is 9.87. The van der Waals surface area contributed by atoms with E-state index in [0.717, 1.165) is 22.3 Å². The van der Waals surface area contributed by atoms with Gasteiger partial charge in [0.2, 0.25) is 0 Å². The highest BCUT2D eigenvalue weighted by molar-refractivity contribution is 5.92. The Balaban J connectivity index is 1.78. The topological polar surface area (TPSA) is 169 Å². The number of para-hydroxylation sites is 4. The van der Waals surface area contributed by atoms with Crippen LogP contribution in [0.15, 0.2) is 60.7 Å². The molecule has 0 aliphatic heterocycles. The van der Waals surface area contributed by atoms with Crippen LogP contribution < -0.4 is 21.3 Å². The van der Waals surface area contributed by atoms with Crippen molar-refractivity contribution in [2.75, 3.05) is 10.6 Å². The third-order valence-electron chi connectivity index (χ3n) is 6.22. The molecule has 0 aliphatic rings. The Morgan fingerprint density at radius 1 is 0.675 bits per heavy atom. The molecule has 0 saturated carbocycles. The van der Waals surface area contributed by atoms with E-state index in [1.807, 2.05) is 33.8 Å². The molecule has 0 spiro atoms. The third kappa shape index (κ3) is 7.53. The third-order valence-corrected chi connectivity index (χ3v) is 6.22. The predicted molar refractivity (Wildman–Crippen MR) is 153 cm³/mol. The van der Waals surface area contributed by atoms with Gasteiger partial charge in [0.15, 0.2) is 0 Å². The number of benzene rings is 3. The van der Waals surface area contributed by atoms with E-state index < -0.39 is 21.9 Å². The van der Waals surface area contributed by atoms with Crippen LogP contribution in [0, 0.1) is 20.2 Å². The Hall–Kier alpha value is -5.00. The van der Waals surface area contributed by atoms with E-state index in [2.05, 4.69) is 27.3 Å². The Morgan fingerprint density at radius 3 is 1.40 bits per heavy atom. The van der Waals surface area contributed by atoms with Crippen LogP contribution in [0.5, 0.6) is 0 Å². The largest absolute Gasteiger partial charge is 0.334 e. The molecule has 0 radical (unpaired) electrons. The first-order valence-corrected chi connectivity index (χ1v) is 12.7. The van der Waals surface area contributed by atoms with Gasteiger partial charge in [0.1, 0.15) is 11.4 Å². The van der Waals surface area contributed by atoms with Crippen LogP contribution in [0.4, 0.5) is 32.3 Å². The average molecular weight is 549 g/mol. The number of hydrogen-bond donors (Lipinski definition) is 4. The molecule has 3 rings (SSSR count). The summed E-state index contributed by atoms with van der Waals surface area (Å²) in [6.07, 6.45) is 0. The van der Waals surface area contributed by atoms with Gasteiger partial charge in [0.05, 0.1) is 9.85 Å². The minimum absolute atomic E-state index is 0.0822. The van der Waals surface area contributed by atoms with Gasteiger partial charge in [-0.15, -0.1) is 0 Å². The number of nitrogens with zero attached hydrogens (tertiary/aromatic N) is 2. The molecule has 210 valence electrons. The van der Waals surface area contributed by atoms with E-state index in [1.54, 1.807) is 12.1 Å². The van der Waals surface area contributed by atoms with Crippen LogP contribution in [-0.4, -0.2) is 21.9 Å². The lowest BCUT2D eigenvalue weighted by molar-refractivity contribution is -0.384. The second-order valence-corrected chi connectivity index (χ2v) is 9.72. The predicted octanol–water partition coefficient (Wildman–Crippen LogP) is 6.39. The van der Waals surface area contributed by atoms with Gasteiger partial charge in [0, 0.05) is 25.2 Å². The Morgan fingerprint density at radius 2 is 1.05 bits per heavy atom. The summed E-state index contributed by atoms with van der Waals surface area (Å²) < 4.78 is 0. The van der Waals surface area contributed by atoms with E-state index in [-0.39, 0.29) is 47.7 Å². The van der Waals surface area contributed by atoms with E-state index in [1.165, 1.54) is 36.4 Å². The second-order valence-electron chi connectivity index (χ2n) is 9.72. The fourth-order valence-corrected chi connectivity index (χ4v) is 4.27.